The number of benzene rings is 3. The molecule has 0 spiro atoms. The molecule has 284 valence electrons. The first-order valence-corrected chi connectivity index (χ1v) is 23.7. The van der Waals surface area contributed by atoms with Crippen LogP contribution in [0.25, 0.3) is 0 Å². The fraction of sp³-hybridized carbons (Fsp3) is 0.500. The van der Waals surface area contributed by atoms with Gasteiger partial charge in [-0.1, -0.05) is 91.8 Å². The molecular formula is C42H60Cl2N3O3Ru-. The summed E-state index contributed by atoms with van der Waals surface area (Å²) < 4.78 is 12.6. The number of halogens is 2. The average Bonchev–Trinajstić information content (AvgIpc) is 3.53. The smallest absolute Gasteiger partial charge is 0.0156 e. The van der Waals surface area contributed by atoms with Gasteiger partial charge in [0.05, 0.1) is 0 Å². The van der Waals surface area contributed by atoms with Crippen LogP contribution in [0, 0.1) is 12.6 Å². The quantitative estimate of drug-likeness (QED) is 0.146. The number of carbonyl (C=O) groups excluding carboxylic acids is 1. The minimum atomic E-state index is -2.00. The maximum Gasteiger partial charge on any atom is 0.0156 e. The van der Waals surface area contributed by atoms with E-state index in [-0.39, 0.29) is 12.0 Å². The largest absolute Gasteiger partial charge is 0.502 e. The van der Waals surface area contributed by atoms with Crippen molar-refractivity contribution >= 4 is 47.1 Å². The van der Waals surface area contributed by atoms with E-state index in [1.807, 2.05) is 27.7 Å². The summed E-state index contributed by atoms with van der Waals surface area (Å²) in [7, 11) is 11.9. The van der Waals surface area contributed by atoms with Gasteiger partial charge in [-0.2, -0.15) is 6.67 Å². The summed E-state index contributed by atoms with van der Waals surface area (Å²) in [6.45, 7) is 31.1. The van der Waals surface area contributed by atoms with Gasteiger partial charge in [0.25, 0.3) is 0 Å². The number of rotatable bonds is 12. The first-order chi connectivity index (χ1) is 24.0. The van der Waals surface area contributed by atoms with Crippen molar-refractivity contribution in [3.05, 3.63) is 89.1 Å². The normalized spacial score (nSPS) is 13.4. The van der Waals surface area contributed by atoms with Gasteiger partial charge in [0.2, 0.25) is 0 Å². The second-order valence-corrected chi connectivity index (χ2v) is 20.8. The van der Waals surface area contributed by atoms with Crippen LogP contribution in [-0.4, -0.2) is 36.5 Å². The Balaban J connectivity index is 0.000000287. The fourth-order valence-corrected chi connectivity index (χ4v) is 7.86. The van der Waals surface area contributed by atoms with E-state index in [1.165, 1.54) is 33.6 Å². The molecule has 4 rings (SSSR count). The molecule has 3 aromatic carbocycles. The zero-order valence-electron chi connectivity index (χ0n) is 32.7. The molecule has 1 saturated heterocycles. The summed E-state index contributed by atoms with van der Waals surface area (Å²) in [4.78, 5) is 16.7. The predicted octanol–water partition coefficient (Wildman–Crippen LogP) is 12.4. The second kappa shape index (κ2) is 20.0. The minimum absolute atomic E-state index is 0.0354. The topological polar surface area (TPSA) is 54.0 Å². The van der Waals surface area contributed by atoms with Crippen LogP contribution in [0.5, 0.6) is 5.75 Å². The van der Waals surface area contributed by atoms with Crippen molar-refractivity contribution in [2.45, 2.75) is 113 Å². The Bertz CT molecular complexity index is 1490. The van der Waals surface area contributed by atoms with Crippen molar-refractivity contribution in [2.24, 2.45) is 5.92 Å². The molecule has 0 unspecified atom stereocenters. The van der Waals surface area contributed by atoms with Gasteiger partial charge in [-0.25, -0.2) is 0 Å². The molecule has 0 radical (unpaired) electrons. The van der Waals surface area contributed by atoms with Crippen LogP contribution in [-0.2, 0) is 18.3 Å². The zero-order chi connectivity index (χ0) is 38.0. The molecule has 1 amide bonds. The van der Waals surface area contributed by atoms with E-state index < -0.39 is 19.6 Å². The first kappa shape index (κ1) is 42.8. The maximum atomic E-state index is 11.7. The molecule has 1 aliphatic heterocycles. The molecule has 0 saturated carbocycles. The molecule has 51 heavy (non-hydrogen) atoms. The number of hydrogen-bond donors (Lipinski definition) is 1. The van der Waals surface area contributed by atoms with E-state index in [2.05, 4.69) is 114 Å². The van der Waals surface area contributed by atoms with Gasteiger partial charge in [-0.3, -0.25) is 0 Å². The SMILES string of the molecule is CC(C)COC(=O)Nc1ccc(OC(C)C)c([CH]=[Ru]([Cl])[Cl])c1.CC(C)c1cccc(C(C)C)c1N1[CH-]N(c2c(C(C)C)cccc2C(C)C)CC1. The van der Waals surface area contributed by atoms with Crippen LogP contribution in [0.3, 0.4) is 0 Å². The van der Waals surface area contributed by atoms with E-state index in [0.29, 0.717) is 41.7 Å². The Labute approximate surface area is 321 Å². The fourth-order valence-electron chi connectivity index (χ4n) is 6.07. The van der Waals surface area contributed by atoms with Gasteiger partial charge >= 0.3 is 145 Å². The molecule has 1 fully saturated rings. The molecule has 3 aromatic rings. The van der Waals surface area contributed by atoms with Crippen LogP contribution in [0.2, 0.25) is 0 Å². The summed E-state index contributed by atoms with van der Waals surface area (Å²) in [5.41, 5.74) is 10.1. The van der Waals surface area contributed by atoms with Gasteiger partial charge in [0.1, 0.15) is 0 Å². The molecule has 9 heteroatoms. The maximum absolute atomic E-state index is 11.7. The van der Waals surface area contributed by atoms with E-state index in [1.54, 1.807) is 22.8 Å². The number of nitrogens with zero attached hydrogens (tertiary/aromatic N) is 2. The number of nitrogens with one attached hydrogen (secondary N) is 1. The number of amides is 1. The molecule has 0 atom stereocenters. The van der Waals surface area contributed by atoms with E-state index in [9.17, 15) is 4.79 Å². The van der Waals surface area contributed by atoms with Crippen molar-refractivity contribution in [3.8, 4) is 5.75 Å². The summed E-state index contributed by atoms with van der Waals surface area (Å²) in [6.07, 6.45) is -0.448. The van der Waals surface area contributed by atoms with Crippen LogP contribution in [0.1, 0.15) is 135 Å². The van der Waals surface area contributed by atoms with Gasteiger partial charge in [-0.05, 0) is 45.9 Å². The van der Waals surface area contributed by atoms with Gasteiger partial charge < -0.3 is 9.80 Å². The first-order valence-electron chi connectivity index (χ1n) is 18.2. The molecule has 1 N–H and O–H groups in total. The second-order valence-electron chi connectivity index (χ2n) is 15.0. The number of para-hydroxylation sites is 2. The molecule has 0 aliphatic carbocycles. The zero-order valence-corrected chi connectivity index (χ0v) is 35.9. The number of anilines is 3. The molecule has 6 nitrogen and oxygen atoms in total. The van der Waals surface area contributed by atoms with Crippen LogP contribution >= 0.6 is 19.4 Å². The summed E-state index contributed by atoms with van der Waals surface area (Å²) in [5, 5.41) is 2.68. The number of hydrogen-bond acceptors (Lipinski definition) is 5. The van der Waals surface area contributed by atoms with Crippen molar-refractivity contribution in [1.29, 1.82) is 0 Å². The van der Waals surface area contributed by atoms with Gasteiger partial charge in [0.15, 0.2) is 0 Å². The summed E-state index contributed by atoms with van der Waals surface area (Å²) in [5.74, 6) is 3.04. The van der Waals surface area contributed by atoms with Crippen molar-refractivity contribution in [3.63, 3.8) is 0 Å². The third kappa shape index (κ3) is 12.5. The molecule has 0 bridgehead atoms. The molecule has 0 aromatic heterocycles. The molecule has 1 aliphatic rings. The van der Waals surface area contributed by atoms with Gasteiger partial charge in [-0.15, -0.1) is 0 Å². The van der Waals surface area contributed by atoms with E-state index >= 15 is 0 Å². The van der Waals surface area contributed by atoms with Crippen LogP contribution in [0.4, 0.5) is 21.9 Å². The summed E-state index contributed by atoms with van der Waals surface area (Å²) >= 11 is -2.00. The number of carbonyl (C=O) groups is 1. The minimum Gasteiger partial charge on any atom is -0.502 e. The van der Waals surface area contributed by atoms with E-state index in [0.717, 1.165) is 18.7 Å². The summed E-state index contributed by atoms with van der Waals surface area (Å²) in [6, 6.07) is 19.0. The monoisotopic (exact) mass is 826 g/mol. The third-order valence-corrected chi connectivity index (χ3v) is 10.3. The molecular weight excluding hydrogens is 766 g/mol. The van der Waals surface area contributed by atoms with Crippen LogP contribution < -0.4 is 19.9 Å². The Morgan fingerprint density at radius 2 is 1.22 bits per heavy atom. The Morgan fingerprint density at radius 1 is 0.765 bits per heavy atom. The van der Waals surface area contributed by atoms with Crippen LogP contribution in [0.15, 0.2) is 54.6 Å². The third-order valence-electron chi connectivity index (χ3n) is 8.47. The standard InChI is InChI=1S/C27H39N2.C15H21NO3.2ClH.Ru/c1-18(2)22-11-9-12-23(19(3)4)26(22)28-15-16-29(17-28)27-24(20(5)6)13-10-14-25(27)21(7)8;1-10(2)9-18-15(17)16-13-6-7-14(12(5)8-13)19-11(3)4;;;/h9-14,17-21H,15-16H2,1-8H3;5-8,10-11H,9H2,1-4H3,(H,16,17);2*1H;/q-1;;;;+2/p-2. The van der Waals surface area contributed by atoms with E-state index in [4.69, 9.17) is 28.9 Å². The van der Waals surface area contributed by atoms with Crippen molar-refractivity contribution in [1.82, 2.24) is 0 Å². The Morgan fingerprint density at radius 3 is 1.59 bits per heavy atom. The Kier molecular flexibility index (Phi) is 16.8. The predicted molar refractivity (Wildman–Crippen MR) is 217 cm³/mol. The Hall–Kier alpha value is -2.60. The number of ether oxygens (including phenoxy) is 2. The van der Waals surface area contributed by atoms with Crippen molar-refractivity contribution in [2.75, 3.05) is 34.8 Å². The van der Waals surface area contributed by atoms with Gasteiger partial charge in [0, 0.05) is 24.5 Å². The molecule has 1 heterocycles. The van der Waals surface area contributed by atoms with Crippen molar-refractivity contribution < 1.29 is 27.8 Å². The average molecular weight is 827 g/mol.